The van der Waals surface area contributed by atoms with Crippen LogP contribution in [0.1, 0.15) is 23.6 Å². The van der Waals surface area contributed by atoms with Gasteiger partial charge >= 0.3 is 4.87 Å². The third-order valence-electron chi connectivity index (χ3n) is 6.27. The maximum absolute atomic E-state index is 13.4. The van der Waals surface area contributed by atoms with E-state index >= 15 is 0 Å². The fourth-order valence-electron chi connectivity index (χ4n) is 4.44. The molecule has 0 saturated carbocycles. The van der Waals surface area contributed by atoms with Crippen molar-refractivity contribution in [3.05, 3.63) is 69.7 Å². The molecule has 176 valence electrons. The second-order valence-corrected chi connectivity index (χ2v) is 9.64. The third kappa shape index (κ3) is 4.79. The van der Waals surface area contributed by atoms with Gasteiger partial charge in [-0.05, 0) is 35.7 Å². The van der Waals surface area contributed by atoms with Crippen LogP contribution in [0.25, 0.3) is 21.6 Å². The molecule has 0 radical (unpaired) electrons. The van der Waals surface area contributed by atoms with Crippen LogP contribution < -0.4 is 4.87 Å². The van der Waals surface area contributed by atoms with Gasteiger partial charge in [-0.2, -0.15) is 4.98 Å². The molecule has 9 nitrogen and oxygen atoms in total. The topological polar surface area (TPSA) is 116 Å². The van der Waals surface area contributed by atoms with E-state index in [9.17, 15) is 14.7 Å². The molecular weight excluding hydrogens is 454 g/mol. The minimum absolute atomic E-state index is 0.0355. The number of nitrogens with one attached hydrogen (secondary N) is 1. The molecule has 3 heterocycles. The summed E-state index contributed by atoms with van der Waals surface area (Å²) in [6.07, 6.45) is 1.89. The minimum atomic E-state index is -0.341. The van der Waals surface area contributed by atoms with Crippen molar-refractivity contribution >= 4 is 27.5 Å². The highest BCUT2D eigenvalue weighted by molar-refractivity contribution is 7.16. The summed E-state index contributed by atoms with van der Waals surface area (Å²) in [6, 6.07) is 13.2. The fourth-order valence-corrected chi connectivity index (χ4v) is 5.16. The number of likely N-dealkylation sites (tertiary alicyclic amines) is 1. The molecule has 1 amide bonds. The number of likely N-dealkylation sites (N-methyl/N-ethyl adjacent to an activating group) is 1. The highest BCUT2D eigenvalue weighted by Gasteiger charge is 2.28. The molecule has 2 N–H and O–H groups in total. The third-order valence-corrected chi connectivity index (χ3v) is 7.13. The van der Waals surface area contributed by atoms with Crippen LogP contribution in [-0.2, 0) is 11.2 Å². The van der Waals surface area contributed by atoms with Crippen molar-refractivity contribution in [3.8, 4) is 11.4 Å². The van der Waals surface area contributed by atoms with E-state index in [4.69, 9.17) is 4.52 Å². The zero-order valence-corrected chi connectivity index (χ0v) is 19.5. The standard InChI is InChI=1S/C24H25N5O4S/c1-28(22(31)10-15-5-6-21-19(9-15)26-24(32)34-21)20(13-29-8-7-18(30)12-29)16-3-2-4-17(11-16)23-25-14-33-27-23/h2-6,9,11,14,18,20,30H,7-8,10,12-13H2,1H3,(H,26,32)/t18?,20-/m1/s1. The Hall–Kier alpha value is -3.34. The number of fused-ring (bicyclic) bond motifs is 1. The number of carbonyl (C=O) groups is 1. The number of thiazole rings is 1. The summed E-state index contributed by atoms with van der Waals surface area (Å²) >= 11 is 1.16. The van der Waals surface area contributed by atoms with E-state index in [2.05, 4.69) is 20.0 Å². The zero-order chi connectivity index (χ0) is 23.7. The summed E-state index contributed by atoms with van der Waals surface area (Å²) in [6.45, 7) is 1.98. The van der Waals surface area contributed by atoms with E-state index in [1.807, 2.05) is 49.5 Å². The van der Waals surface area contributed by atoms with Gasteiger partial charge in [0, 0.05) is 32.2 Å². The molecular formula is C24H25N5O4S. The Balaban J connectivity index is 1.41. The smallest absolute Gasteiger partial charge is 0.305 e. The van der Waals surface area contributed by atoms with Crippen molar-refractivity contribution in [2.45, 2.75) is 25.0 Å². The molecule has 1 aliphatic heterocycles. The van der Waals surface area contributed by atoms with Gasteiger partial charge in [-0.3, -0.25) is 14.5 Å². The van der Waals surface area contributed by atoms with Crippen molar-refractivity contribution < 1.29 is 14.4 Å². The van der Waals surface area contributed by atoms with E-state index in [0.717, 1.165) is 51.2 Å². The molecule has 1 saturated heterocycles. The van der Waals surface area contributed by atoms with Gasteiger partial charge in [-0.1, -0.05) is 40.8 Å². The zero-order valence-electron chi connectivity index (χ0n) is 18.7. The number of H-pyrrole nitrogens is 1. The highest BCUT2D eigenvalue weighted by atomic mass is 32.1. The number of aromatic nitrogens is 3. The van der Waals surface area contributed by atoms with Gasteiger partial charge in [0.1, 0.15) is 0 Å². The first-order valence-corrected chi connectivity index (χ1v) is 11.9. The SMILES string of the molecule is CN(C(=O)Cc1ccc2sc(=O)[nH]c2c1)[C@H](CN1CCC(O)C1)c1cccc(-c2ncon2)c1. The number of aromatic amines is 1. The molecule has 4 aromatic rings. The average molecular weight is 480 g/mol. The van der Waals surface area contributed by atoms with E-state index in [1.54, 1.807) is 4.90 Å². The first kappa shape index (κ1) is 22.5. The van der Waals surface area contributed by atoms with Crippen LogP contribution in [-0.4, -0.2) is 68.7 Å². The van der Waals surface area contributed by atoms with Gasteiger partial charge in [0.2, 0.25) is 18.1 Å². The lowest BCUT2D eigenvalue weighted by Gasteiger charge is -2.32. The Morgan fingerprint density at radius 3 is 3.00 bits per heavy atom. The van der Waals surface area contributed by atoms with Crippen molar-refractivity contribution in [2.24, 2.45) is 0 Å². The van der Waals surface area contributed by atoms with E-state index in [1.165, 1.54) is 6.39 Å². The summed E-state index contributed by atoms with van der Waals surface area (Å²) < 4.78 is 5.76. The molecule has 1 unspecified atom stereocenters. The van der Waals surface area contributed by atoms with Gasteiger partial charge in [-0.25, -0.2) is 0 Å². The van der Waals surface area contributed by atoms with E-state index in [-0.39, 0.29) is 29.3 Å². The largest absolute Gasteiger partial charge is 0.392 e. The predicted octanol–water partition coefficient (Wildman–Crippen LogP) is 2.45. The summed E-state index contributed by atoms with van der Waals surface area (Å²) in [7, 11) is 1.81. The molecule has 2 aromatic heterocycles. The number of aliphatic hydroxyl groups is 1. The Morgan fingerprint density at radius 2 is 2.24 bits per heavy atom. The van der Waals surface area contributed by atoms with Crippen LogP contribution in [0.4, 0.5) is 0 Å². The number of β-amino-alcohol motifs (C(OH)–C–C–N with tert-alkyl or cyclic N) is 1. The number of benzene rings is 2. The summed E-state index contributed by atoms with van der Waals surface area (Å²) in [5.74, 6) is 0.455. The number of amides is 1. The van der Waals surface area contributed by atoms with Crippen LogP contribution in [0, 0.1) is 0 Å². The second kappa shape index (κ2) is 9.49. The lowest BCUT2D eigenvalue weighted by Crippen LogP contribution is -2.39. The predicted molar refractivity (Wildman–Crippen MR) is 128 cm³/mol. The quantitative estimate of drug-likeness (QED) is 0.418. The summed E-state index contributed by atoms with van der Waals surface area (Å²) in [4.78, 5) is 35.8. The number of hydrogen-bond donors (Lipinski definition) is 2. The Kier molecular flexibility index (Phi) is 6.27. The van der Waals surface area contributed by atoms with Gasteiger partial charge in [0.15, 0.2) is 0 Å². The summed E-state index contributed by atoms with van der Waals surface area (Å²) in [5, 5.41) is 13.9. The molecule has 0 spiro atoms. The lowest BCUT2D eigenvalue weighted by atomic mass is 10.0. The number of carbonyl (C=O) groups excluding carboxylic acids is 1. The van der Waals surface area contributed by atoms with Gasteiger partial charge < -0.3 is 19.5 Å². The Bertz CT molecular complexity index is 1350. The summed E-state index contributed by atoms with van der Waals surface area (Å²) in [5.41, 5.74) is 3.36. The van der Waals surface area contributed by atoms with Crippen molar-refractivity contribution in [2.75, 3.05) is 26.7 Å². The minimum Gasteiger partial charge on any atom is -0.392 e. The monoisotopic (exact) mass is 479 g/mol. The number of nitrogens with zero attached hydrogens (tertiary/aromatic N) is 4. The second-order valence-electron chi connectivity index (χ2n) is 8.62. The number of aliphatic hydroxyl groups excluding tert-OH is 1. The van der Waals surface area contributed by atoms with Gasteiger partial charge in [0.25, 0.3) is 0 Å². The molecule has 1 fully saturated rings. The number of hydrogen-bond acceptors (Lipinski definition) is 8. The maximum atomic E-state index is 13.4. The van der Waals surface area contributed by atoms with Crippen LogP contribution in [0.2, 0.25) is 0 Å². The Morgan fingerprint density at radius 1 is 1.35 bits per heavy atom. The molecule has 34 heavy (non-hydrogen) atoms. The van der Waals surface area contributed by atoms with Crippen LogP contribution in [0.15, 0.2) is 58.2 Å². The first-order valence-electron chi connectivity index (χ1n) is 11.1. The first-order chi connectivity index (χ1) is 16.5. The molecule has 10 heteroatoms. The van der Waals surface area contributed by atoms with Crippen molar-refractivity contribution in [3.63, 3.8) is 0 Å². The Labute approximate surface area is 199 Å². The molecule has 5 rings (SSSR count). The number of rotatable bonds is 7. The van der Waals surface area contributed by atoms with Crippen LogP contribution in [0.5, 0.6) is 0 Å². The highest BCUT2D eigenvalue weighted by Crippen LogP contribution is 2.27. The van der Waals surface area contributed by atoms with Crippen molar-refractivity contribution in [1.29, 1.82) is 0 Å². The average Bonchev–Trinajstić information content (AvgIpc) is 3.57. The maximum Gasteiger partial charge on any atom is 0.305 e. The van der Waals surface area contributed by atoms with E-state index < -0.39 is 0 Å². The molecule has 1 aliphatic rings. The van der Waals surface area contributed by atoms with Crippen LogP contribution >= 0.6 is 11.3 Å². The van der Waals surface area contributed by atoms with Gasteiger partial charge in [0.05, 0.1) is 28.8 Å². The molecule has 2 aromatic carbocycles. The fraction of sp³-hybridized carbons (Fsp3) is 0.333. The van der Waals surface area contributed by atoms with E-state index in [0.29, 0.717) is 18.9 Å². The normalized spacial score (nSPS) is 17.3. The molecule has 0 aliphatic carbocycles. The van der Waals surface area contributed by atoms with Gasteiger partial charge in [-0.15, -0.1) is 0 Å². The lowest BCUT2D eigenvalue weighted by molar-refractivity contribution is -0.131. The van der Waals surface area contributed by atoms with Crippen LogP contribution in [0.3, 0.4) is 0 Å². The van der Waals surface area contributed by atoms with Crippen molar-refractivity contribution in [1.82, 2.24) is 24.9 Å². The molecule has 2 atom stereocenters. The molecule has 0 bridgehead atoms.